The summed E-state index contributed by atoms with van der Waals surface area (Å²) in [6, 6.07) is 41.1. The third-order valence-corrected chi connectivity index (χ3v) is 14.1. The van der Waals surface area contributed by atoms with E-state index >= 15 is 0 Å². The van der Waals surface area contributed by atoms with Crippen molar-refractivity contribution in [2.24, 2.45) is 0 Å². The summed E-state index contributed by atoms with van der Waals surface area (Å²) < 4.78 is 11.2. The zero-order chi connectivity index (χ0) is 34.8. The van der Waals surface area contributed by atoms with Crippen molar-refractivity contribution in [1.29, 1.82) is 0 Å². The van der Waals surface area contributed by atoms with Crippen molar-refractivity contribution in [3.8, 4) is 11.1 Å². The van der Waals surface area contributed by atoms with Crippen LogP contribution in [0.5, 0.6) is 0 Å². The monoisotopic (exact) mass is 688 g/mol. The van der Waals surface area contributed by atoms with Gasteiger partial charge < -0.3 is 8.90 Å². The molecule has 250 valence electrons. The van der Waals surface area contributed by atoms with Gasteiger partial charge in [0, 0.05) is 48.2 Å². The predicted octanol–water partition coefficient (Wildman–Crippen LogP) is 12.0. The van der Waals surface area contributed by atoms with Crippen molar-refractivity contribution in [1.82, 2.24) is 4.48 Å². The molecule has 3 aromatic heterocycles. The van der Waals surface area contributed by atoms with E-state index in [1.165, 1.54) is 110 Å². The molecule has 2 aliphatic heterocycles. The molecule has 12 rings (SSSR count). The first kappa shape index (κ1) is 29.3. The highest BCUT2D eigenvalue weighted by molar-refractivity contribution is 7.26. The Morgan fingerprint density at radius 2 is 1.37 bits per heavy atom. The maximum absolute atomic E-state index is 7.20. The quantitative estimate of drug-likeness (QED) is 0.160. The van der Waals surface area contributed by atoms with E-state index < -0.39 is 0 Å². The third-order valence-electron chi connectivity index (χ3n) is 12.9. The van der Waals surface area contributed by atoms with Crippen molar-refractivity contribution in [2.45, 2.75) is 58.3 Å². The SMILES string of the molecule is Cc1cc2c(cc1N1c3oc4ccccc4c3B3c4c(cc5ccccc5c41)-c1cccc4c5c6ccccc6sc5n3c14)C(C)(C)CCC2(C)C. The summed E-state index contributed by atoms with van der Waals surface area (Å²) in [4.78, 5) is 3.86. The lowest BCUT2D eigenvalue weighted by Gasteiger charge is -2.44. The number of benzene rings is 6. The van der Waals surface area contributed by atoms with E-state index in [1.54, 1.807) is 0 Å². The van der Waals surface area contributed by atoms with Crippen LogP contribution in [0.2, 0.25) is 0 Å². The van der Waals surface area contributed by atoms with Crippen molar-refractivity contribution < 1.29 is 4.42 Å². The normalized spacial score (nSPS) is 16.6. The number of hydrogen-bond acceptors (Lipinski definition) is 3. The van der Waals surface area contributed by atoms with Gasteiger partial charge in [-0.1, -0.05) is 113 Å². The van der Waals surface area contributed by atoms with Crippen LogP contribution in [0.25, 0.3) is 64.1 Å². The average Bonchev–Trinajstić information content (AvgIpc) is 3.82. The zero-order valence-electron chi connectivity index (χ0n) is 30.1. The Morgan fingerprint density at radius 1 is 0.673 bits per heavy atom. The second-order valence-corrected chi connectivity index (χ2v) is 17.8. The number of fused-ring (bicyclic) bond motifs is 14. The number of aromatic nitrogens is 1. The molecule has 6 aromatic carbocycles. The summed E-state index contributed by atoms with van der Waals surface area (Å²) in [5, 5.41) is 7.72. The maximum Gasteiger partial charge on any atom is 0.337 e. The summed E-state index contributed by atoms with van der Waals surface area (Å²) >= 11 is 1.92. The third kappa shape index (κ3) is 3.49. The van der Waals surface area contributed by atoms with Gasteiger partial charge in [-0.15, -0.1) is 11.3 Å². The van der Waals surface area contributed by atoms with Crippen LogP contribution in [0.1, 0.15) is 57.2 Å². The predicted molar refractivity (Wildman–Crippen MR) is 223 cm³/mol. The van der Waals surface area contributed by atoms with Crippen LogP contribution in [0.3, 0.4) is 0 Å². The Bertz CT molecular complexity index is 3060. The first-order chi connectivity index (χ1) is 25.2. The molecule has 0 unspecified atom stereocenters. The summed E-state index contributed by atoms with van der Waals surface area (Å²) in [6.07, 6.45) is 2.36. The van der Waals surface area contributed by atoms with Crippen LogP contribution >= 0.6 is 11.3 Å². The van der Waals surface area contributed by atoms with Crippen LogP contribution in [-0.2, 0) is 10.8 Å². The van der Waals surface area contributed by atoms with Gasteiger partial charge in [0.05, 0.1) is 16.2 Å². The van der Waals surface area contributed by atoms with Gasteiger partial charge in [-0.3, -0.25) is 4.90 Å². The highest BCUT2D eigenvalue weighted by Gasteiger charge is 2.48. The Balaban J connectivity index is 1.29. The van der Waals surface area contributed by atoms with Crippen molar-refractivity contribution in [3.63, 3.8) is 0 Å². The van der Waals surface area contributed by atoms with Crippen LogP contribution in [0.4, 0.5) is 17.3 Å². The Hall–Kier alpha value is -5.26. The maximum atomic E-state index is 7.20. The van der Waals surface area contributed by atoms with Gasteiger partial charge in [0.1, 0.15) is 5.58 Å². The fraction of sp³-hybridized carbons (Fsp3) is 0.191. The largest absolute Gasteiger partial charge is 0.440 e. The van der Waals surface area contributed by atoms with Gasteiger partial charge in [-0.25, -0.2) is 0 Å². The molecule has 0 atom stereocenters. The first-order valence-corrected chi connectivity index (χ1v) is 19.5. The molecule has 0 N–H and O–H groups in total. The lowest BCUT2D eigenvalue weighted by Crippen LogP contribution is -2.56. The standard InChI is InChI=1S/C47H37BN2OS/c1-26-23-34-35(47(4,5)22-21-46(34,2)3)25-36(26)49-43-28-14-7-6-13-27(28)24-33-29-17-12-18-32-39-31-16-9-11-20-38(31)52-45(39)50(42(29)32)48(40(33)43)41-30-15-8-10-19-37(30)51-44(41)49/h6-20,23-25H,21-22H2,1-5H3. The molecule has 0 fully saturated rings. The molecule has 0 saturated heterocycles. The summed E-state index contributed by atoms with van der Waals surface area (Å²) in [5.41, 5.74) is 14.4. The Kier molecular flexibility index (Phi) is 5.41. The molecule has 3 nitrogen and oxygen atoms in total. The minimum atomic E-state index is -0.0548. The molecule has 5 heteroatoms. The molecule has 0 saturated carbocycles. The molecule has 52 heavy (non-hydrogen) atoms. The minimum Gasteiger partial charge on any atom is -0.440 e. The highest BCUT2D eigenvalue weighted by atomic mass is 32.1. The molecule has 5 heterocycles. The van der Waals surface area contributed by atoms with E-state index in [2.05, 4.69) is 153 Å². The molecule has 9 aromatic rings. The van der Waals surface area contributed by atoms with Gasteiger partial charge in [0.15, 0.2) is 0 Å². The lowest BCUT2D eigenvalue weighted by atomic mass is 9.45. The van der Waals surface area contributed by atoms with Crippen molar-refractivity contribution >= 4 is 99.3 Å². The first-order valence-electron chi connectivity index (χ1n) is 18.7. The molecule has 1 aliphatic carbocycles. The van der Waals surface area contributed by atoms with E-state index in [4.69, 9.17) is 4.42 Å². The van der Waals surface area contributed by atoms with Crippen LogP contribution in [0.15, 0.2) is 114 Å². The average molecular weight is 689 g/mol. The number of hydrogen-bond donors (Lipinski definition) is 0. The molecule has 0 spiro atoms. The Labute approximate surface area is 307 Å². The summed E-state index contributed by atoms with van der Waals surface area (Å²) in [5.74, 6) is 0.937. The van der Waals surface area contributed by atoms with Crippen LogP contribution < -0.4 is 15.8 Å². The summed E-state index contributed by atoms with van der Waals surface area (Å²) in [6.45, 7) is 12.0. The van der Waals surface area contributed by atoms with Gasteiger partial charge in [0.25, 0.3) is 0 Å². The van der Waals surface area contributed by atoms with Gasteiger partial charge in [0.2, 0.25) is 5.88 Å². The van der Waals surface area contributed by atoms with E-state index in [9.17, 15) is 0 Å². The Morgan fingerprint density at radius 3 is 2.19 bits per heavy atom. The minimum absolute atomic E-state index is 0.0548. The topological polar surface area (TPSA) is 21.3 Å². The molecular weight excluding hydrogens is 651 g/mol. The number of furan rings is 1. The van der Waals surface area contributed by atoms with Crippen LogP contribution in [-0.4, -0.2) is 11.3 Å². The summed E-state index contributed by atoms with van der Waals surface area (Å²) in [7, 11) is 0. The lowest BCUT2D eigenvalue weighted by molar-refractivity contribution is 0.332. The molecule has 0 radical (unpaired) electrons. The van der Waals surface area contributed by atoms with Gasteiger partial charge in [-0.05, 0) is 88.0 Å². The van der Waals surface area contributed by atoms with Gasteiger partial charge >= 0.3 is 6.85 Å². The molecule has 3 aliphatic rings. The number of anilines is 3. The highest BCUT2D eigenvalue weighted by Crippen LogP contribution is 2.54. The van der Waals surface area contributed by atoms with Crippen molar-refractivity contribution in [2.75, 3.05) is 4.90 Å². The number of para-hydroxylation sites is 2. The zero-order valence-corrected chi connectivity index (χ0v) is 30.9. The second kappa shape index (κ2) is 9.59. The fourth-order valence-electron chi connectivity index (χ4n) is 10.3. The fourth-order valence-corrected chi connectivity index (χ4v) is 11.5. The van der Waals surface area contributed by atoms with Crippen LogP contribution in [0, 0.1) is 6.92 Å². The number of thiophene rings is 1. The van der Waals surface area contributed by atoms with E-state index in [0.717, 1.165) is 11.5 Å². The number of nitrogens with zero attached hydrogens (tertiary/aromatic N) is 2. The molecular formula is C47H37BN2OS. The molecule has 0 amide bonds. The number of aryl methyl sites for hydroxylation is 1. The van der Waals surface area contributed by atoms with Crippen molar-refractivity contribution in [3.05, 3.63) is 126 Å². The number of rotatable bonds is 1. The van der Waals surface area contributed by atoms with Gasteiger partial charge in [-0.2, -0.15) is 0 Å². The van der Waals surface area contributed by atoms with E-state index in [-0.39, 0.29) is 17.7 Å². The van der Waals surface area contributed by atoms with E-state index in [0.29, 0.717) is 0 Å². The molecule has 0 bridgehead atoms. The van der Waals surface area contributed by atoms with E-state index in [1.807, 2.05) is 11.3 Å². The smallest absolute Gasteiger partial charge is 0.337 e. The second-order valence-electron chi connectivity index (χ2n) is 16.8.